The summed E-state index contributed by atoms with van der Waals surface area (Å²) in [5.74, 6) is 0.890. The van der Waals surface area contributed by atoms with Crippen LogP contribution in [0.25, 0.3) is 22.3 Å². The van der Waals surface area contributed by atoms with Crippen LogP contribution in [0.2, 0.25) is 0 Å². The maximum atomic E-state index is 13.0. The van der Waals surface area contributed by atoms with Gasteiger partial charge in [-0.3, -0.25) is 4.99 Å². The summed E-state index contributed by atoms with van der Waals surface area (Å²) in [7, 11) is 0. The fraction of sp³-hybridized carbons (Fsp3) is 0.278. The van der Waals surface area contributed by atoms with E-state index in [2.05, 4.69) is 19.9 Å². The van der Waals surface area contributed by atoms with E-state index in [1.165, 1.54) is 6.07 Å². The van der Waals surface area contributed by atoms with E-state index < -0.39 is 11.7 Å². The SMILES string of the molecule is Cc1nc(C2C=NCC2)c2[nH]c(-c3cccc(C(F)(F)F)c3)cc2[nH+]1. The molecule has 1 aliphatic rings. The van der Waals surface area contributed by atoms with E-state index in [4.69, 9.17) is 0 Å². The van der Waals surface area contributed by atoms with Gasteiger partial charge in [0.15, 0.2) is 11.2 Å². The largest absolute Gasteiger partial charge is 0.416 e. The highest BCUT2D eigenvalue weighted by atomic mass is 19.4. The maximum absolute atomic E-state index is 13.0. The Bertz CT molecular complexity index is 972. The molecule has 1 aliphatic heterocycles. The second-order valence-electron chi connectivity index (χ2n) is 6.21. The van der Waals surface area contributed by atoms with Crippen LogP contribution in [0.3, 0.4) is 0 Å². The van der Waals surface area contributed by atoms with Crippen LogP contribution in [0.5, 0.6) is 0 Å². The lowest BCUT2D eigenvalue weighted by atomic mass is 10.0. The monoisotopic (exact) mass is 345 g/mol. The molecule has 4 rings (SSSR count). The zero-order valence-electron chi connectivity index (χ0n) is 13.5. The van der Waals surface area contributed by atoms with Gasteiger partial charge >= 0.3 is 6.18 Å². The summed E-state index contributed by atoms with van der Waals surface area (Å²) in [5.41, 5.74) is 2.98. The van der Waals surface area contributed by atoms with Crippen LogP contribution in [0.1, 0.15) is 29.4 Å². The lowest BCUT2D eigenvalue weighted by molar-refractivity contribution is -0.360. The van der Waals surface area contributed by atoms with Gasteiger partial charge in [-0.2, -0.15) is 13.2 Å². The molecule has 3 heterocycles. The van der Waals surface area contributed by atoms with Crippen LogP contribution in [-0.4, -0.2) is 22.7 Å². The summed E-state index contributed by atoms with van der Waals surface area (Å²) in [6.45, 7) is 2.64. The van der Waals surface area contributed by atoms with E-state index in [-0.39, 0.29) is 5.92 Å². The molecular weight excluding hydrogens is 329 g/mol. The first-order valence-corrected chi connectivity index (χ1v) is 8.02. The summed E-state index contributed by atoms with van der Waals surface area (Å²) in [6, 6.07) is 7.14. The van der Waals surface area contributed by atoms with Crippen molar-refractivity contribution in [2.75, 3.05) is 6.54 Å². The van der Waals surface area contributed by atoms with Gasteiger partial charge in [-0.25, -0.2) is 4.98 Å². The minimum absolute atomic E-state index is 0.129. The van der Waals surface area contributed by atoms with E-state index in [1.807, 2.05) is 19.2 Å². The Balaban J connectivity index is 1.84. The van der Waals surface area contributed by atoms with E-state index in [0.29, 0.717) is 11.3 Å². The third-order valence-electron chi connectivity index (χ3n) is 4.38. The van der Waals surface area contributed by atoms with Crippen LogP contribution in [-0.2, 0) is 6.18 Å². The smallest absolute Gasteiger partial charge is 0.348 e. The van der Waals surface area contributed by atoms with E-state index >= 15 is 0 Å². The second-order valence-corrected chi connectivity index (χ2v) is 6.21. The maximum Gasteiger partial charge on any atom is 0.416 e. The quantitative estimate of drug-likeness (QED) is 0.752. The number of aryl methyl sites for hydroxylation is 1. The number of aliphatic imine (C=N–C) groups is 1. The topological polar surface area (TPSA) is 55.2 Å². The molecule has 0 amide bonds. The average molecular weight is 345 g/mol. The molecule has 0 saturated carbocycles. The fourth-order valence-corrected chi connectivity index (χ4v) is 3.20. The molecule has 2 N–H and O–H groups in total. The summed E-state index contributed by atoms with van der Waals surface area (Å²) in [5, 5.41) is 0. The predicted molar refractivity (Wildman–Crippen MR) is 88.5 cm³/mol. The number of H-pyrrole nitrogens is 2. The van der Waals surface area contributed by atoms with Crippen molar-refractivity contribution in [3.63, 3.8) is 0 Å². The number of nitrogens with one attached hydrogen (secondary N) is 2. The lowest BCUT2D eigenvalue weighted by Gasteiger charge is -2.07. The average Bonchev–Trinajstić information content (AvgIpc) is 3.23. The Hall–Kier alpha value is -2.70. The number of fused-ring (bicyclic) bond motifs is 1. The first-order chi connectivity index (χ1) is 11.9. The molecule has 3 aromatic rings. The molecule has 0 fully saturated rings. The number of aromatic amines is 2. The van der Waals surface area contributed by atoms with Crippen molar-refractivity contribution in [2.24, 2.45) is 4.99 Å². The summed E-state index contributed by atoms with van der Waals surface area (Å²) in [4.78, 5) is 15.3. The number of nitrogens with zero attached hydrogens (tertiary/aromatic N) is 2. The Morgan fingerprint density at radius 3 is 2.80 bits per heavy atom. The van der Waals surface area contributed by atoms with Crippen molar-refractivity contribution in [2.45, 2.75) is 25.4 Å². The Kier molecular flexibility index (Phi) is 3.59. The fourth-order valence-electron chi connectivity index (χ4n) is 3.20. The molecule has 0 saturated heterocycles. The third-order valence-corrected chi connectivity index (χ3v) is 4.38. The highest BCUT2D eigenvalue weighted by Gasteiger charge is 2.31. The van der Waals surface area contributed by atoms with Gasteiger partial charge in [0, 0.05) is 25.7 Å². The van der Waals surface area contributed by atoms with Crippen molar-refractivity contribution in [1.29, 1.82) is 0 Å². The van der Waals surface area contributed by atoms with Gasteiger partial charge in [-0.05, 0) is 29.1 Å². The van der Waals surface area contributed by atoms with E-state index in [0.717, 1.165) is 47.7 Å². The number of hydrogen-bond donors (Lipinski definition) is 1. The standard InChI is InChI=1S/C18H15F3N4/c1-10-23-15-8-14(11-3-2-4-13(7-11)18(19,20)21)25-17(15)16(24-10)12-5-6-22-9-12/h2-4,7-9,12,25H,5-6H2,1H3/p+1. The molecule has 0 bridgehead atoms. The zero-order chi connectivity index (χ0) is 17.6. The summed E-state index contributed by atoms with van der Waals surface area (Å²) < 4.78 is 38.9. The molecule has 128 valence electrons. The van der Waals surface area contributed by atoms with Gasteiger partial charge in [0.25, 0.3) is 5.82 Å². The number of hydrogen-bond acceptors (Lipinski definition) is 2. The van der Waals surface area contributed by atoms with Gasteiger partial charge in [-0.1, -0.05) is 12.1 Å². The highest BCUT2D eigenvalue weighted by Crippen LogP contribution is 2.33. The number of rotatable bonds is 2. The molecule has 2 aromatic heterocycles. The molecule has 0 spiro atoms. The molecule has 25 heavy (non-hydrogen) atoms. The lowest BCUT2D eigenvalue weighted by Crippen LogP contribution is -2.14. The van der Waals surface area contributed by atoms with Gasteiger partial charge < -0.3 is 4.98 Å². The van der Waals surface area contributed by atoms with Crippen molar-refractivity contribution in [3.8, 4) is 11.3 Å². The van der Waals surface area contributed by atoms with Crippen molar-refractivity contribution < 1.29 is 18.2 Å². The number of benzene rings is 1. The van der Waals surface area contributed by atoms with Crippen LogP contribution >= 0.6 is 0 Å². The Labute approximate surface area is 141 Å². The van der Waals surface area contributed by atoms with Crippen molar-refractivity contribution in [3.05, 3.63) is 47.4 Å². The second kappa shape index (κ2) is 5.68. The van der Waals surface area contributed by atoms with Crippen LogP contribution in [0.4, 0.5) is 13.2 Å². The van der Waals surface area contributed by atoms with Crippen LogP contribution in [0.15, 0.2) is 35.3 Å². The third kappa shape index (κ3) is 2.90. The first kappa shape index (κ1) is 15.8. The Morgan fingerprint density at radius 2 is 2.08 bits per heavy atom. The number of alkyl halides is 3. The molecule has 1 aromatic carbocycles. The van der Waals surface area contributed by atoms with Gasteiger partial charge in [0.1, 0.15) is 5.52 Å². The molecule has 1 atom stereocenters. The highest BCUT2D eigenvalue weighted by molar-refractivity contribution is 5.85. The minimum Gasteiger partial charge on any atom is -0.348 e. The molecule has 7 heteroatoms. The predicted octanol–water partition coefficient (Wildman–Crippen LogP) is 3.93. The summed E-state index contributed by atoms with van der Waals surface area (Å²) in [6.07, 6.45) is -1.58. The molecular formula is C18H16F3N4+. The normalized spacial score (nSPS) is 17.5. The molecule has 4 nitrogen and oxygen atoms in total. The van der Waals surface area contributed by atoms with Gasteiger partial charge in [0.05, 0.1) is 17.2 Å². The number of aromatic nitrogens is 3. The summed E-state index contributed by atoms with van der Waals surface area (Å²) >= 11 is 0. The van der Waals surface area contributed by atoms with Crippen LogP contribution in [0, 0.1) is 6.92 Å². The Morgan fingerprint density at radius 1 is 1.24 bits per heavy atom. The van der Waals surface area contributed by atoms with E-state index in [9.17, 15) is 13.2 Å². The van der Waals surface area contributed by atoms with Gasteiger partial charge in [0.2, 0.25) is 0 Å². The molecule has 1 unspecified atom stereocenters. The first-order valence-electron chi connectivity index (χ1n) is 8.02. The molecule has 0 radical (unpaired) electrons. The van der Waals surface area contributed by atoms with E-state index in [1.54, 1.807) is 6.07 Å². The van der Waals surface area contributed by atoms with Crippen molar-refractivity contribution in [1.82, 2.24) is 9.97 Å². The van der Waals surface area contributed by atoms with Gasteiger partial charge in [-0.15, -0.1) is 0 Å². The van der Waals surface area contributed by atoms with Crippen LogP contribution < -0.4 is 4.98 Å². The number of halogens is 3. The molecule has 0 aliphatic carbocycles. The minimum atomic E-state index is -4.36. The zero-order valence-corrected chi connectivity index (χ0v) is 13.5. The van der Waals surface area contributed by atoms with Crippen molar-refractivity contribution >= 4 is 17.2 Å².